The third-order valence-corrected chi connectivity index (χ3v) is 6.47. The molecule has 0 radical (unpaired) electrons. The zero-order valence-corrected chi connectivity index (χ0v) is 16.4. The monoisotopic (exact) mass is 376 g/mol. The molecule has 146 valence electrons. The molecule has 2 N–H and O–H groups in total. The lowest BCUT2D eigenvalue weighted by Gasteiger charge is -2.21. The average Bonchev–Trinajstić information content (AvgIpc) is 3.33. The number of nitrogens with one attached hydrogen (secondary N) is 2. The van der Waals surface area contributed by atoms with Gasteiger partial charge in [0.15, 0.2) is 0 Å². The Kier molecular flexibility index (Phi) is 5.47. The second kappa shape index (κ2) is 8.17. The van der Waals surface area contributed by atoms with E-state index in [1.54, 1.807) is 18.2 Å². The normalized spacial score (nSPS) is 22.8. The summed E-state index contributed by atoms with van der Waals surface area (Å²) >= 11 is 0. The molecule has 3 atom stereocenters. The van der Waals surface area contributed by atoms with E-state index in [0.29, 0.717) is 16.8 Å². The van der Waals surface area contributed by atoms with Crippen LogP contribution in [0.1, 0.15) is 58.4 Å². The van der Waals surface area contributed by atoms with Crippen LogP contribution in [0.15, 0.2) is 48.5 Å². The summed E-state index contributed by atoms with van der Waals surface area (Å²) in [5, 5.41) is 5.99. The van der Waals surface area contributed by atoms with Crippen LogP contribution in [0, 0.1) is 24.7 Å². The number of fused-ring (bicyclic) bond motifs is 2. The van der Waals surface area contributed by atoms with Gasteiger partial charge in [0, 0.05) is 23.4 Å². The number of anilines is 1. The van der Waals surface area contributed by atoms with Gasteiger partial charge in [0.05, 0.1) is 0 Å². The highest BCUT2D eigenvalue weighted by Crippen LogP contribution is 2.49. The van der Waals surface area contributed by atoms with Crippen LogP contribution in [0.4, 0.5) is 5.69 Å². The molecule has 4 rings (SSSR count). The van der Waals surface area contributed by atoms with Crippen molar-refractivity contribution in [1.29, 1.82) is 0 Å². The number of hydrogen-bond acceptors (Lipinski definition) is 2. The van der Waals surface area contributed by atoms with Crippen molar-refractivity contribution in [3.63, 3.8) is 0 Å². The Morgan fingerprint density at radius 3 is 2.50 bits per heavy atom. The van der Waals surface area contributed by atoms with Crippen molar-refractivity contribution >= 4 is 17.5 Å². The molecule has 0 aliphatic heterocycles. The molecule has 2 aliphatic carbocycles. The van der Waals surface area contributed by atoms with E-state index in [0.717, 1.165) is 36.3 Å². The summed E-state index contributed by atoms with van der Waals surface area (Å²) in [6.45, 7) is 2.66. The lowest BCUT2D eigenvalue weighted by Crippen LogP contribution is -2.27. The molecule has 2 fully saturated rings. The number of hydrogen-bond donors (Lipinski definition) is 2. The van der Waals surface area contributed by atoms with E-state index in [-0.39, 0.29) is 11.8 Å². The molecular weight excluding hydrogens is 348 g/mol. The molecule has 0 heterocycles. The van der Waals surface area contributed by atoms with Crippen LogP contribution in [0.5, 0.6) is 0 Å². The van der Waals surface area contributed by atoms with Crippen molar-refractivity contribution in [2.24, 2.45) is 17.8 Å². The Bertz CT molecular complexity index is 862. The van der Waals surface area contributed by atoms with Gasteiger partial charge in [-0.1, -0.05) is 30.7 Å². The van der Waals surface area contributed by atoms with E-state index in [2.05, 4.69) is 10.6 Å². The number of carbonyl (C=O) groups excluding carboxylic acids is 2. The smallest absolute Gasteiger partial charge is 0.255 e. The predicted molar refractivity (Wildman–Crippen MR) is 111 cm³/mol. The van der Waals surface area contributed by atoms with Crippen molar-refractivity contribution in [1.82, 2.24) is 5.32 Å². The zero-order chi connectivity index (χ0) is 19.5. The first-order chi connectivity index (χ1) is 13.6. The largest absolute Gasteiger partial charge is 0.352 e. The lowest BCUT2D eigenvalue weighted by molar-refractivity contribution is 0.0948. The molecule has 2 aromatic carbocycles. The summed E-state index contributed by atoms with van der Waals surface area (Å²) in [5.41, 5.74) is 2.79. The molecule has 2 saturated carbocycles. The Balaban J connectivity index is 1.34. The van der Waals surface area contributed by atoms with E-state index in [9.17, 15) is 9.59 Å². The van der Waals surface area contributed by atoms with E-state index in [1.807, 2.05) is 37.3 Å². The molecule has 4 heteroatoms. The van der Waals surface area contributed by atoms with Crippen LogP contribution in [0.2, 0.25) is 0 Å². The molecule has 2 bridgehead atoms. The SMILES string of the molecule is Cc1ccc(C(=O)NCCC2CC3CCC2C3)cc1NC(=O)c1ccccc1. The number of aryl methyl sites for hydroxylation is 1. The maximum atomic E-state index is 12.6. The highest BCUT2D eigenvalue weighted by Gasteiger charge is 2.38. The maximum Gasteiger partial charge on any atom is 0.255 e. The minimum atomic E-state index is -0.169. The Morgan fingerprint density at radius 1 is 0.964 bits per heavy atom. The number of amides is 2. The zero-order valence-electron chi connectivity index (χ0n) is 16.4. The highest BCUT2D eigenvalue weighted by molar-refractivity contribution is 6.05. The van der Waals surface area contributed by atoms with Crippen molar-refractivity contribution in [2.45, 2.75) is 39.0 Å². The van der Waals surface area contributed by atoms with Crippen LogP contribution >= 0.6 is 0 Å². The van der Waals surface area contributed by atoms with E-state index < -0.39 is 0 Å². The van der Waals surface area contributed by atoms with Gasteiger partial charge in [-0.2, -0.15) is 0 Å². The van der Waals surface area contributed by atoms with Crippen molar-refractivity contribution in [3.05, 3.63) is 65.2 Å². The van der Waals surface area contributed by atoms with Crippen LogP contribution in [-0.4, -0.2) is 18.4 Å². The number of benzene rings is 2. The molecule has 0 spiro atoms. The summed E-state index contributed by atoms with van der Waals surface area (Å²) in [6, 6.07) is 14.6. The van der Waals surface area contributed by atoms with Crippen LogP contribution in [-0.2, 0) is 0 Å². The van der Waals surface area contributed by atoms with E-state index >= 15 is 0 Å². The first-order valence-electron chi connectivity index (χ1n) is 10.4. The highest BCUT2D eigenvalue weighted by atomic mass is 16.2. The Hall–Kier alpha value is -2.62. The van der Waals surface area contributed by atoms with Crippen LogP contribution < -0.4 is 10.6 Å². The fourth-order valence-corrected chi connectivity index (χ4v) is 4.89. The summed E-state index contributed by atoms with van der Waals surface area (Å²) in [6.07, 6.45) is 6.62. The third kappa shape index (κ3) is 4.11. The quantitative estimate of drug-likeness (QED) is 0.760. The van der Waals surface area contributed by atoms with Gasteiger partial charge in [-0.05, 0) is 80.2 Å². The fourth-order valence-electron chi connectivity index (χ4n) is 4.89. The van der Waals surface area contributed by atoms with E-state index in [1.165, 1.54) is 25.7 Å². The van der Waals surface area contributed by atoms with Crippen molar-refractivity contribution in [2.75, 3.05) is 11.9 Å². The van der Waals surface area contributed by atoms with Gasteiger partial charge in [-0.3, -0.25) is 9.59 Å². The first kappa shape index (κ1) is 18.7. The molecule has 3 unspecified atom stereocenters. The van der Waals surface area contributed by atoms with Gasteiger partial charge in [-0.15, -0.1) is 0 Å². The Labute approximate surface area is 166 Å². The number of carbonyl (C=O) groups is 2. The third-order valence-electron chi connectivity index (χ3n) is 6.47. The molecule has 0 aromatic heterocycles. The van der Waals surface area contributed by atoms with Crippen LogP contribution in [0.25, 0.3) is 0 Å². The molecule has 2 aromatic rings. The second-order valence-electron chi connectivity index (χ2n) is 8.33. The standard InChI is InChI=1S/C24H28N2O2/c1-16-7-9-21(15-22(16)26-24(28)18-5-3-2-4-6-18)23(27)25-12-11-20-14-17-8-10-19(20)13-17/h2-7,9,15,17,19-20H,8,10-14H2,1H3,(H,25,27)(H,26,28). The molecule has 4 nitrogen and oxygen atoms in total. The molecule has 2 amide bonds. The average molecular weight is 377 g/mol. The lowest BCUT2D eigenvalue weighted by atomic mass is 9.86. The van der Waals surface area contributed by atoms with Gasteiger partial charge in [0.1, 0.15) is 0 Å². The van der Waals surface area contributed by atoms with Gasteiger partial charge in [-0.25, -0.2) is 0 Å². The Morgan fingerprint density at radius 2 is 1.79 bits per heavy atom. The molecule has 2 aliphatic rings. The second-order valence-corrected chi connectivity index (χ2v) is 8.33. The fraction of sp³-hybridized carbons (Fsp3) is 0.417. The molecule has 28 heavy (non-hydrogen) atoms. The summed E-state index contributed by atoms with van der Waals surface area (Å²) in [5.74, 6) is 2.38. The van der Waals surface area contributed by atoms with Crippen molar-refractivity contribution < 1.29 is 9.59 Å². The first-order valence-corrected chi connectivity index (χ1v) is 10.4. The maximum absolute atomic E-state index is 12.6. The van der Waals surface area contributed by atoms with Gasteiger partial charge >= 0.3 is 0 Å². The van der Waals surface area contributed by atoms with Gasteiger partial charge in [0.25, 0.3) is 11.8 Å². The predicted octanol–water partition coefficient (Wildman–Crippen LogP) is 4.80. The molecular formula is C24H28N2O2. The summed E-state index contributed by atoms with van der Waals surface area (Å²) < 4.78 is 0. The van der Waals surface area contributed by atoms with Crippen LogP contribution in [0.3, 0.4) is 0 Å². The summed E-state index contributed by atoms with van der Waals surface area (Å²) in [7, 11) is 0. The van der Waals surface area contributed by atoms with E-state index in [4.69, 9.17) is 0 Å². The minimum absolute atomic E-state index is 0.0710. The topological polar surface area (TPSA) is 58.2 Å². The minimum Gasteiger partial charge on any atom is -0.352 e. The van der Waals surface area contributed by atoms with Gasteiger partial charge < -0.3 is 10.6 Å². The summed E-state index contributed by atoms with van der Waals surface area (Å²) in [4.78, 5) is 25.0. The van der Waals surface area contributed by atoms with Gasteiger partial charge in [0.2, 0.25) is 0 Å². The van der Waals surface area contributed by atoms with Crippen molar-refractivity contribution in [3.8, 4) is 0 Å². The number of rotatable bonds is 6. The molecule has 0 saturated heterocycles.